The Hall–Kier alpha value is -2.24. The van der Waals surface area contributed by atoms with E-state index in [2.05, 4.69) is 20.6 Å². The van der Waals surface area contributed by atoms with Gasteiger partial charge in [0.2, 0.25) is 5.91 Å². The van der Waals surface area contributed by atoms with Gasteiger partial charge in [-0.15, -0.1) is 5.10 Å². The molecule has 0 bridgehead atoms. The SMILES string of the molecule is Cn1nncc1CCCCC(=O)Nc1ccccn1. The Morgan fingerprint density at radius 3 is 2.95 bits per heavy atom. The minimum Gasteiger partial charge on any atom is -0.311 e. The highest BCUT2D eigenvalue weighted by molar-refractivity contribution is 5.89. The summed E-state index contributed by atoms with van der Waals surface area (Å²) in [6, 6.07) is 5.44. The lowest BCUT2D eigenvalue weighted by molar-refractivity contribution is -0.116. The maximum absolute atomic E-state index is 11.7. The number of carbonyl (C=O) groups excluding carboxylic acids is 1. The number of hydrogen-bond donors (Lipinski definition) is 1. The van der Waals surface area contributed by atoms with Crippen molar-refractivity contribution < 1.29 is 4.79 Å². The molecule has 0 aliphatic heterocycles. The summed E-state index contributed by atoms with van der Waals surface area (Å²) in [5, 5.41) is 10.4. The van der Waals surface area contributed by atoms with E-state index in [0.717, 1.165) is 25.0 Å². The average Bonchev–Trinajstić information content (AvgIpc) is 2.81. The summed E-state index contributed by atoms with van der Waals surface area (Å²) in [4.78, 5) is 15.7. The van der Waals surface area contributed by atoms with E-state index < -0.39 is 0 Å². The monoisotopic (exact) mass is 259 g/mol. The third-order valence-corrected chi connectivity index (χ3v) is 2.83. The fraction of sp³-hybridized carbons (Fsp3) is 0.385. The van der Waals surface area contributed by atoms with E-state index in [-0.39, 0.29) is 5.91 Å². The normalized spacial score (nSPS) is 10.4. The van der Waals surface area contributed by atoms with Crippen LogP contribution in [0.4, 0.5) is 5.82 Å². The molecule has 1 amide bonds. The smallest absolute Gasteiger partial charge is 0.225 e. The Morgan fingerprint density at radius 1 is 1.37 bits per heavy atom. The molecule has 19 heavy (non-hydrogen) atoms. The number of hydrogen-bond acceptors (Lipinski definition) is 4. The van der Waals surface area contributed by atoms with Gasteiger partial charge in [0.15, 0.2) is 0 Å². The van der Waals surface area contributed by atoms with Crippen molar-refractivity contribution in [3.63, 3.8) is 0 Å². The van der Waals surface area contributed by atoms with Gasteiger partial charge >= 0.3 is 0 Å². The molecule has 2 aromatic heterocycles. The van der Waals surface area contributed by atoms with Crippen LogP contribution in [0.1, 0.15) is 25.0 Å². The molecular weight excluding hydrogens is 242 g/mol. The van der Waals surface area contributed by atoms with Crippen LogP contribution in [0.25, 0.3) is 0 Å². The van der Waals surface area contributed by atoms with Crippen LogP contribution in [0.15, 0.2) is 30.6 Å². The van der Waals surface area contributed by atoms with Gasteiger partial charge in [-0.1, -0.05) is 11.3 Å². The molecule has 2 aromatic rings. The van der Waals surface area contributed by atoms with Crippen LogP contribution < -0.4 is 5.32 Å². The number of aromatic nitrogens is 4. The van der Waals surface area contributed by atoms with Gasteiger partial charge in [0.05, 0.1) is 11.9 Å². The van der Waals surface area contributed by atoms with Gasteiger partial charge in [-0.25, -0.2) is 4.98 Å². The van der Waals surface area contributed by atoms with Crippen LogP contribution in [-0.2, 0) is 18.3 Å². The second kappa shape index (κ2) is 6.63. The van der Waals surface area contributed by atoms with Crippen molar-refractivity contribution in [2.45, 2.75) is 25.7 Å². The molecule has 0 fully saturated rings. The molecule has 1 N–H and O–H groups in total. The van der Waals surface area contributed by atoms with E-state index in [1.165, 1.54) is 0 Å². The maximum Gasteiger partial charge on any atom is 0.225 e. The molecule has 0 saturated carbocycles. The minimum atomic E-state index is 0.00170. The Labute approximate surface area is 111 Å². The number of nitrogens with one attached hydrogen (secondary N) is 1. The van der Waals surface area contributed by atoms with Crippen LogP contribution in [0.3, 0.4) is 0 Å². The van der Waals surface area contributed by atoms with Gasteiger partial charge in [0, 0.05) is 19.7 Å². The molecule has 0 spiro atoms. The van der Waals surface area contributed by atoms with Gasteiger partial charge < -0.3 is 5.32 Å². The molecule has 0 aromatic carbocycles. The molecule has 0 saturated heterocycles. The summed E-state index contributed by atoms with van der Waals surface area (Å²) >= 11 is 0. The molecule has 0 aliphatic rings. The summed E-state index contributed by atoms with van der Waals surface area (Å²) in [6.45, 7) is 0. The Kier molecular flexibility index (Phi) is 4.60. The predicted molar refractivity (Wildman–Crippen MR) is 71.4 cm³/mol. The fourth-order valence-corrected chi connectivity index (χ4v) is 1.77. The van der Waals surface area contributed by atoms with Crippen molar-refractivity contribution in [1.29, 1.82) is 0 Å². The lowest BCUT2D eigenvalue weighted by Crippen LogP contribution is -2.12. The number of amides is 1. The number of unbranched alkanes of at least 4 members (excludes halogenated alkanes) is 1. The first-order valence-corrected chi connectivity index (χ1v) is 6.30. The first-order chi connectivity index (χ1) is 9.25. The zero-order chi connectivity index (χ0) is 13.5. The highest BCUT2D eigenvalue weighted by atomic mass is 16.1. The molecule has 2 rings (SSSR count). The van der Waals surface area contributed by atoms with E-state index in [1.54, 1.807) is 23.1 Å². The third-order valence-electron chi connectivity index (χ3n) is 2.83. The quantitative estimate of drug-likeness (QED) is 0.799. The molecule has 6 heteroatoms. The number of carbonyl (C=O) groups is 1. The summed E-state index contributed by atoms with van der Waals surface area (Å²) in [5.41, 5.74) is 1.09. The topological polar surface area (TPSA) is 72.7 Å². The van der Waals surface area contributed by atoms with Gasteiger partial charge in [-0.05, 0) is 31.4 Å². The van der Waals surface area contributed by atoms with E-state index in [4.69, 9.17) is 0 Å². The average molecular weight is 259 g/mol. The standard InChI is InChI=1S/C13H17N5O/c1-18-11(10-15-17-18)6-2-3-8-13(19)16-12-7-4-5-9-14-12/h4-5,7,9-10H,2-3,6,8H2,1H3,(H,14,16,19). The van der Waals surface area contributed by atoms with Crippen molar-refractivity contribution >= 4 is 11.7 Å². The second-order valence-electron chi connectivity index (χ2n) is 4.32. The van der Waals surface area contributed by atoms with Crippen LogP contribution in [-0.4, -0.2) is 25.9 Å². The van der Waals surface area contributed by atoms with Crippen LogP contribution in [0, 0.1) is 0 Å². The number of rotatable bonds is 6. The lowest BCUT2D eigenvalue weighted by atomic mass is 10.1. The highest BCUT2D eigenvalue weighted by Gasteiger charge is 2.04. The van der Waals surface area contributed by atoms with Crippen molar-refractivity contribution in [2.75, 3.05) is 5.32 Å². The van der Waals surface area contributed by atoms with Gasteiger partial charge in [0.1, 0.15) is 5.82 Å². The van der Waals surface area contributed by atoms with E-state index in [1.807, 2.05) is 19.2 Å². The summed E-state index contributed by atoms with van der Waals surface area (Å²) in [6.07, 6.45) is 6.59. The zero-order valence-electron chi connectivity index (χ0n) is 10.9. The molecule has 100 valence electrons. The molecular formula is C13H17N5O. The summed E-state index contributed by atoms with van der Waals surface area (Å²) < 4.78 is 1.76. The first-order valence-electron chi connectivity index (χ1n) is 6.30. The Morgan fingerprint density at radius 2 is 2.26 bits per heavy atom. The van der Waals surface area contributed by atoms with Crippen LogP contribution in [0.2, 0.25) is 0 Å². The van der Waals surface area contributed by atoms with Crippen LogP contribution >= 0.6 is 0 Å². The molecule has 0 radical (unpaired) electrons. The molecule has 6 nitrogen and oxygen atoms in total. The largest absolute Gasteiger partial charge is 0.311 e. The lowest BCUT2D eigenvalue weighted by Gasteiger charge is -2.04. The minimum absolute atomic E-state index is 0.00170. The van der Waals surface area contributed by atoms with Crippen LogP contribution in [0.5, 0.6) is 0 Å². The van der Waals surface area contributed by atoms with Gasteiger partial charge in [0.25, 0.3) is 0 Å². The Bertz CT molecular complexity index is 523. The molecule has 0 aliphatic carbocycles. The van der Waals surface area contributed by atoms with Crippen molar-refractivity contribution in [2.24, 2.45) is 7.05 Å². The summed E-state index contributed by atoms with van der Waals surface area (Å²) in [7, 11) is 1.87. The van der Waals surface area contributed by atoms with E-state index >= 15 is 0 Å². The summed E-state index contributed by atoms with van der Waals surface area (Å²) in [5.74, 6) is 0.602. The third kappa shape index (κ3) is 4.17. The predicted octanol–water partition coefficient (Wildman–Crippen LogP) is 1.56. The maximum atomic E-state index is 11.7. The Balaban J connectivity index is 1.66. The fourth-order valence-electron chi connectivity index (χ4n) is 1.77. The second-order valence-corrected chi connectivity index (χ2v) is 4.32. The van der Waals surface area contributed by atoms with Gasteiger partial charge in [-0.2, -0.15) is 0 Å². The molecule has 0 unspecified atom stereocenters. The zero-order valence-corrected chi connectivity index (χ0v) is 10.9. The van der Waals surface area contributed by atoms with Crippen molar-refractivity contribution in [1.82, 2.24) is 20.0 Å². The van der Waals surface area contributed by atoms with Crippen molar-refractivity contribution in [3.8, 4) is 0 Å². The molecule has 2 heterocycles. The molecule has 0 atom stereocenters. The van der Waals surface area contributed by atoms with Gasteiger partial charge in [-0.3, -0.25) is 9.48 Å². The van der Waals surface area contributed by atoms with Crippen molar-refractivity contribution in [3.05, 3.63) is 36.3 Å². The highest BCUT2D eigenvalue weighted by Crippen LogP contribution is 2.06. The van der Waals surface area contributed by atoms with E-state index in [0.29, 0.717) is 12.2 Å². The number of pyridine rings is 1. The number of aryl methyl sites for hydroxylation is 2. The van der Waals surface area contributed by atoms with E-state index in [9.17, 15) is 4.79 Å². The number of anilines is 1. The first kappa shape index (κ1) is 13.2. The number of nitrogens with zero attached hydrogens (tertiary/aromatic N) is 4.